The maximum absolute atomic E-state index is 5.85. The highest BCUT2D eigenvalue weighted by Crippen LogP contribution is 2.48. The molecule has 0 amide bonds. The maximum Gasteiger partial charge on any atom is 0.139 e. The SMILES string of the molecule is CN1CC(CCOc2cncc(Cl)c2)C2CC21. The van der Waals surface area contributed by atoms with Crippen LogP contribution in [0.15, 0.2) is 18.5 Å². The van der Waals surface area contributed by atoms with Crippen LogP contribution < -0.4 is 4.74 Å². The quantitative estimate of drug-likeness (QED) is 0.823. The molecule has 1 aromatic heterocycles. The van der Waals surface area contributed by atoms with Crippen molar-refractivity contribution in [1.29, 1.82) is 0 Å². The van der Waals surface area contributed by atoms with Crippen molar-refractivity contribution in [1.82, 2.24) is 9.88 Å². The molecule has 3 nitrogen and oxygen atoms in total. The number of pyridine rings is 1. The summed E-state index contributed by atoms with van der Waals surface area (Å²) in [6.45, 7) is 2.00. The zero-order chi connectivity index (χ0) is 11.8. The van der Waals surface area contributed by atoms with Crippen LogP contribution in [-0.4, -0.2) is 36.1 Å². The fourth-order valence-electron chi connectivity index (χ4n) is 2.96. The van der Waals surface area contributed by atoms with E-state index in [-0.39, 0.29) is 0 Å². The Kier molecular flexibility index (Phi) is 2.97. The van der Waals surface area contributed by atoms with Gasteiger partial charge in [-0.05, 0) is 31.7 Å². The minimum absolute atomic E-state index is 0.630. The molecule has 1 aromatic rings. The summed E-state index contributed by atoms with van der Waals surface area (Å²) < 4.78 is 5.69. The van der Waals surface area contributed by atoms with Gasteiger partial charge in [-0.2, -0.15) is 0 Å². The standard InChI is InChI=1S/C13H17ClN2O/c1-16-8-9(12-5-13(12)16)2-3-17-11-4-10(14)6-15-7-11/h4,6-7,9,12-13H,2-3,5,8H2,1H3. The van der Waals surface area contributed by atoms with Crippen molar-refractivity contribution in [3.05, 3.63) is 23.5 Å². The molecule has 92 valence electrons. The number of halogens is 1. The number of hydrogen-bond acceptors (Lipinski definition) is 3. The van der Waals surface area contributed by atoms with E-state index < -0.39 is 0 Å². The van der Waals surface area contributed by atoms with E-state index in [4.69, 9.17) is 16.3 Å². The van der Waals surface area contributed by atoms with Gasteiger partial charge in [0, 0.05) is 24.8 Å². The number of ether oxygens (including phenoxy) is 1. The summed E-state index contributed by atoms with van der Waals surface area (Å²) in [4.78, 5) is 6.49. The van der Waals surface area contributed by atoms with E-state index in [1.165, 1.54) is 13.0 Å². The van der Waals surface area contributed by atoms with Crippen molar-refractivity contribution >= 4 is 11.6 Å². The molecule has 17 heavy (non-hydrogen) atoms. The Morgan fingerprint density at radius 1 is 1.53 bits per heavy atom. The highest BCUT2D eigenvalue weighted by atomic mass is 35.5. The summed E-state index contributed by atoms with van der Waals surface area (Å²) in [6.07, 6.45) is 5.86. The van der Waals surface area contributed by atoms with Gasteiger partial charge < -0.3 is 9.64 Å². The second-order valence-electron chi connectivity index (χ2n) is 5.14. The van der Waals surface area contributed by atoms with Gasteiger partial charge in [-0.3, -0.25) is 4.98 Å². The summed E-state index contributed by atoms with van der Waals surface area (Å²) in [5.41, 5.74) is 0. The topological polar surface area (TPSA) is 25.4 Å². The van der Waals surface area contributed by atoms with E-state index in [1.807, 2.05) is 6.07 Å². The van der Waals surface area contributed by atoms with E-state index in [0.29, 0.717) is 5.02 Å². The molecule has 3 unspecified atom stereocenters. The number of likely N-dealkylation sites (tertiary alicyclic amines) is 1. The summed E-state index contributed by atoms with van der Waals surface area (Å²) in [6, 6.07) is 2.68. The van der Waals surface area contributed by atoms with Crippen LogP contribution >= 0.6 is 11.6 Å². The molecule has 0 bridgehead atoms. The number of rotatable bonds is 4. The second kappa shape index (κ2) is 4.46. The molecule has 2 heterocycles. The number of hydrogen-bond donors (Lipinski definition) is 0. The maximum atomic E-state index is 5.85. The largest absolute Gasteiger partial charge is 0.492 e. The van der Waals surface area contributed by atoms with Gasteiger partial charge >= 0.3 is 0 Å². The van der Waals surface area contributed by atoms with Gasteiger partial charge in [-0.15, -0.1) is 0 Å². The minimum Gasteiger partial charge on any atom is -0.492 e. The summed E-state index contributed by atoms with van der Waals surface area (Å²) in [5, 5.41) is 0.630. The number of nitrogens with zero attached hydrogens (tertiary/aromatic N) is 2. The number of piperidine rings is 1. The van der Waals surface area contributed by atoms with Crippen LogP contribution in [-0.2, 0) is 0 Å². The fraction of sp³-hybridized carbons (Fsp3) is 0.615. The van der Waals surface area contributed by atoms with Crippen LogP contribution in [0.1, 0.15) is 12.8 Å². The van der Waals surface area contributed by atoms with Gasteiger partial charge in [-0.25, -0.2) is 0 Å². The molecule has 1 saturated heterocycles. The first-order valence-electron chi connectivity index (χ1n) is 6.17. The molecule has 1 aliphatic heterocycles. The van der Waals surface area contributed by atoms with Gasteiger partial charge in [0.2, 0.25) is 0 Å². The molecule has 4 heteroatoms. The van der Waals surface area contributed by atoms with Crippen LogP contribution in [0, 0.1) is 11.8 Å². The predicted octanol–water partition coefficient (Wildman–Crippen LogP) is 2.45. The fourth-order valence-corrected chi connectivity index (χ4v) is 3.12. The van der Waals surface area contributed by atoms with E-state index >= 15 is 0 Å². The molecule has 0 aromatic carbocycles. The zero-order valence-electron chi connectivity index (χ0n) is 9.97. The lowest BCUT2D eigenvalue weighted by Gasteiger charge is -2.15. The minimum atomic E-state index is 0.630. The van der Waals surface area contributed by atoms with Gasteiger partial charge in [0.1, 0.15) is 5.75 Å². The third kappa shape index (κ3) is 2.40. The van der Waals surface area contributed by atoms with Crippen molar-refractivity contribution < 1.29 is 4.74 Å². The summed E-state index contributed by atoms with van der Waals surface area (Å²) in [7, 11) is 2.23. The first kappa shape index (κ1) is 11.3. The van der Waals surface area contributed by atoms with Gasteiger partial charge in [0.15, 0.2) is 0 Å². The first-order chi connectivity index (χ1) is 8.24. The van der Waals surface area contributed by atoms with Gasteiger partial charge in [0.25, 0.3) is 0 Å². The van der Waals surface area contributed by atoms with Crippen molar-refractivity contribution in [2.24, 2.45) is 11.8 Å². The van der Waals surface area contributed by atoms with E-state index in [9.17, 15) is 0 Å². The Bertz CT molecular complexity index is 412. The third-order valence-electron chi connectivity index (χ3n) is 3.94. The Morgan fingerprint density at radius 2 is 2.41 bits per heavy atom. The molecule has 0 spiro atoms. The van der Waals surface area contributed by atoms with Crippen molar-refractivity contribution in [3.63, 3.8) is 0 Å². The molecule has 2 fully saturated rings. The van der Waals surface area contributed by atoms with Crippen molar-refractivity contribution in [2.75, 3.05) is 20.2 Å². The molecular weight excluding hydrogens is 236 g/mol. The summed E-state index contributed by atoms with van der Waals surface area (Å²) >= 11 is 5.85. The molecule has 1 saturated carbocycles. The Hall–Kier alpha value is -0.800. The molecular formula is C13H17ClN2O. The lowest BCUT2D eigenvalue weighted by molar-refractivity contribution is 0.256. The van der Waals surface area contributed by atoms with Crippen LogP contribution in [0.3, 0.4) is 0 Å². The second-order valence-corrected chi connectivity index (χ2v) is 5.58. The van der Waals surface area contributed by atoms with Crippen molar-refractivity contribution in [2.45, 2.75) is 18.9 Å². The predicted molar refractivity (Wildman–Crippen MR) is 67.4 cm³/mol. The Morgan fingerprint density at radius 3 is 3.06 bits per heavy atom. The lowest BCUT2D eigenvalue weighted by atomic mass is 10.0. The Labute approximate surface area is 107 Å². The zero-order valence-corrected chi connectivity index (χ0v) is 10.7. The molecule has 0 N–H and O–H groups in total. The van der Waals surface area contributed by atoms with Gasteiger partial charge in [-0.1, -0.05) is 11.6 Å². The smallest absolute Gasteiger partial charge is 0.139 e. The molecule has 3 rings (SSSR count). The average molecular weight is 253 g/mol. The van der Waals surface area contributed by atoms with Crippen LogP contribution in [0.2, 0.25) is 5.02 Å². The number of aromatic nitrogens is 1. The molecule has 1 aliphatic carbocycles. The van der Waals surface area contributed by atoms with Gasteiger partial charge in [0.05, 0.1) is 17.8 Å². The number of fused-ring (bicyclic) bond motifs is 1. The third-order valence-corrected chi connectivity index (χ3v) is 4.14. The highest BCUT2D eigenvalue weighted by Gasteiger charge is 2.51. The first-order valence-corrected chi connectivity index (χ1v) is 6.55. The van der Waals surface area contributed by atoms with Crippen LogP contribution in [0.4, 0.5) is 0 Å². The normalized spacial score (nSPS) is 31.3. The van der Waals surface area contributed by atoms with Crippen LogP contribution in [0.5, 0.6) is 5.75 Å². The Balaban J connectivity index is 1.46. The van der Waals surface area contributed by atoms with E-state index in [1.54, 1.807) is 12.4 Å². The van der Waals surface area contributed by atoms with E-state index in [2.05, 4.69) is 16.9 Å². The lowest BCUT2D eigenvalue weighted by Crippen LogP contribution is -2.21. The molecule has 3 atom stereocenters. The van der Waals surface area contributed by atoms with Crippen LogP contribution in [0.25, 0.3) is 0 Å². The van der Waals surface area contributed by atoms with Crippen molar-refractivity contribution in [3.8, 4) is 5.75 Å². The molecule has 0 radical (unpaired) electrons. The molecule has 2 aliphatic rings. The monoisotopic (exact) mass is 252 g/mol. The highest BCUT2D eigenvalue weighted by molar-refractivity contribution is 6.30. The summed E-state index contributed by atoms with van der Waals surface area (Å²) in [5.74, 6) is 2.52. The average Bonchev–Trinajstić information content (AvgIpc) is 3.02. The van der Waals surface area contributed by atoms with E-state index in [0.717, 1.165) is 36.7 Å².